The van der Waals surface area contributed by atoms with Crippen molar-refractivity contribution < 1.29 is 19.7 Å². The molecular formula is C13H21NO4. The molecular weight excluding hydrogens is 234 g/mol. The standard InChI is InChI=1S/C13H21NO4/c1-17-13(18-2)10-6-4-3-5-9(10)12(16)11(15)7-8-14/h3-6,11-13,15-16H,7-8,14H2,1-2H3. The molecule has 0 saturated heterocycles. The van der Waals surface area contributed by atoms with Crippen LogP contribution < -0.4 is 5.73 Å². The number of nitrogens with two attached hydrogens (primary N) is 1. The average Bonchev–Trinajstić information content (AvgIpc) is 2.40. The lowest BCUT2D eigenvalue weighted by molar-refractivity contribution is -0.108. The van der Waals surface area contributed by atoms with E-state index >= 15 is 0 Å². The van der Waals surface area contributed by atoms with Gasteiger partial charge in [-0.15, -0.1) is 0 Å². The van der Waals surface area contributed by atoms with E-state index in [2.05, 4.69) is 0 Å². The Labute approximate surface area is 107 Å². The Hall–Kier alpha value is -0.980. The van der Waals surface area contributed by atoms with Gasteiger partial charge in [-0.1, -0.05) is 24.3 Å². The van der Waals surface area contributed by atoms with Crippen LogP contribution in [-0.4, -0.2) is 37.1 Å². The quantitative estimate of drug-likeness (QED) is 0.625. The fourth-order valence-electron chi connectivity index (χ4n) is 1.88. The van der Waals surface area contributed by atoms with Crippen LogP contribution in [0.5, 0.6) is 0 Å². The third kappa shape index (κ3) is 3.51. The first kappa shape index (κ1) is 15.1. The molecule has 0 radical (unpaired) electrons. The van der Waals surface area contributed by atoms with Crippen LogP contribution in [0, 0.1) is 0 Å². The summed E-state index contributed by atoms with van der Waals surface area (Å²) in [6, 6.07) is 7.15. The highest BCUT2D eigenvalue weighted by atomic mass is 16.7. The summed E-state index contributed by atoms with van der Waals surface area (Å²) in [6.45, 7) is 0.318. The van der Waals surface area contributed by atoms with Crippen molar-refractivity contribution in [1.82, 2.24) is 0 Å². The number of hydrogen-bond acceptors (Lipinski definition) is 5. The van der Waals surface area contributed by atoms with E-state index in [0.717, 1.165) is 0 Å². The van der Waals surface area contributed by atoms with E-state index in [1.165, 1.54) is 14.2 Å². The molecule has 2 unspecified atom stereocenters. The Balaban J connectivity index is 3.00. The largest absolute Gasteiger partial charge is 0.390 e. The van der Waals surface area contributed by atoms with Crippen LogP contribution in [0.2, 0.25) is 0 Å². The lowest BCUT2D eigenvalue weighted by atomic mass is 9.96. The second kappa shape index (κ2) is 7.45. The summed E-state index contributed by atoms with van der Waals surface area (Å²) in [5, 5.41) is 19.9. The van der Waals surface area contributed by atoms with Crippen molar-refractivity contribution in [3.8, 4) is 0 Å². The van der Waals surface area contributed by atoms with Gasteiger partial charge in [-0.05, 0) is 18.5 Å². The van der Waals surface area contributed by atoms with Gasteiger partial charge in [0.05, 0.1) is 6.10 Å². The predicted molar refractivity (Wildman–Crippen MR) is 67.8 cm³/mol. The molecule has 2 atom stereocenters. The van der Waals surface area contributed by atoms with Crippen molar-refractivity contribution in [3.05, 3.63) is 35.4 Å². The van der Waals surface area contributed by atoms with Crippen molar-refractivity contribution in [2.45, 2.75) is 24.9 Å². The number of ether oxygens (including phenoxy) is 2. The Morgan fingerprint density at radius 2 is 1.67 bits per heavy atom. The minimum absolute atomic E-state index is 0.318. The van der Waals surface area contributed by atoms with Gasteiger partial charge in [-0.2, -0.15) is 0 Å². The molecule has 0 aromatic heterocycles. The fourth-order valence-corrected chi connectivity index (χ4v) is 1.88. The van der Waals surface area contributed by atoms with Gasteiger partial charge in [0.15, 0.2) is 6.29 Å². The van der Waals surface area contributed by atoms with Gasteiger partial charge in [0.2, 0.25) is 0 Å². The molecule has 1 rings (SSSR count). The van der Waals surface area contributed by atoms with Gasteiger partial charge in [-0.3, -0.25) is 0 Å². The van der Waals surface area contributed by atoms with Crippen LogP contribution in [0.15, 0.2) is 24.3 Å². The smallest absolute Gasteiger partial charge is 0.183 e. The second-order valence-electron chi connectivity index (χ2n) is 4.02. The summed E-state index contributed by atoms with van der Waals surface area (Å²) in [7, 11) is 3.04. The van der Waals surface area contributed by atoms with Crippen LogP contribution >= 0.6 is 0 Å². The highest BCUT2D eigenvalue weighted by Gasteiger charge is 2.23. The number of aliphatic hydroxyl groups excluding tert-OH is 2. The molecule has 0 spiro atoms. The van der Waals surface area contributed by atoms with Gasteiger partial charge in [0, 0.05) is 19.8 Å². The van der Waals surface area contributed by atoms with E-state index in [-0.39, 0.29) is 0 Å². The molecule has 5 nitrogen and oxygen atoms in total. The van der Waals surface area contributed by atoms with Crippen LogP contribution in [0.4, 0.5) is 0 Å². The molecule has 1 aromatic carbocycles. The molecule has 0 bridgehead atoms. The van der Waals surface area contributed by atoms with E-state index in [9.17, 15) is 10.2 Å². The number of hydrogen-bond donors (Lipinski definition) is 3. The van der Waals surface area contributed by atoms with Crippen molar-refractivity contribution in [3.63, 3.8) is 0 Å². The van der Waals surface area contributed by atoms with E-state index in [1.54, 1.807) is 18.2 Å². The molecule has 0 fully saturated rings. The molecule has 18 heavy (non-hydrogen) atoms. The van der Waals surface area contributed by atoms with Crippen molar-refractivity contribution in [2.75, 3.05) is 20.8 Å². The van der Waals surface area contributed by atoms with Gasteiger partial charge < -0.3 is 25.4 Å². The first-order valence-electron chi connectivity index (χ1n) is 5.86. The molecule has 0 aliphatic rings. The second-order valence-corrected chi connectivity index (χ2v) is 4.02. The maximum Gasteiger partial charge on any atom is 0.183 e. The number of methoxy groups -OCH3 is 2. The SMILES string of the molecule is COC(OC)c1ccccc1C(O)C(O)CCN. The Kier molecular flexibility index (Phi) is 6.24. The predicted octanol–water partition coefficient (Wildman–Crippen LogP) is 0.721. The summed E-state index contributed by atoms with van der Waals surface area (Å²) in [5.74, 6) is 0. The summed E-state index contributed by atoms with van der Waals surface area (Å²) >= 11 is 0. The maximum atomic E-state index is 10.1. The van der Waals surface area contributed by atoms with Gasteiger partial charge in [-0.25, -0.2) is 0 Å². The zero-order valence-corrected chi connectivity index (χ0v) is 10.7. The normalized spacial score (nSPS) is 14.8. The average molecular weight is 255 g/mol. The summed E-state index contributed by atoms with van der Waals surface area (Å²) in [6.07, 6.45) is -2.14. The van der Waals surface area contributed by atoms with E-state index in [1.807, 2.05) is 6.07 Å². The monoisotopic (exact) mass is 255 g/mol. The van der Waals surface area contributed by atoms with Gasteiger partial charge in [0.1, 0.15) is 6.10 Å². The van der Waals surface area contributed by atoms with E-state index < -0.39 is 18.5 Å². The molecule has 0 saturated carbocycles. The van der Waals surface area contributed by atoms with Crippen LogP contribution in [-0.2, 0) is 9.47 Å². The third-order valence-corrected chi connectivity index (χ3v) is 2.82. The van der Waals surface area contributed by atoms with Crippen molar-refractivity contribution in [1.29, 1.82) is 0 Å². The van der Waals surface area contributed by atoms with E-state index in [4.69, 9.17) is 15.2 Å². The molecule has 0 aliphatic carbocycles. The minimum atomic E-state index is -1.00. The number of rotatable bonds is 7. The molecule has 0 heterocycles. The van der Waals surface area contributed by atoms with Gasteiger partial charge in [0.25, 0.3) is 0 Å². The zero-order valence-electron chi connectivity index (χ0n) is 10.7. The minimum Gasteiger partial charge on any atom is -0.390 e. The Bertz CT molecular complexity index is 355. The topological polar surface area (TPSA) is 84.9 Å². The number of aliphatic hydroxyl groups is 2. The molecule has 1 aromatic rings. The van der Waals surface area contributed by atoms with Crippen molar-refractivity contribution >= 4 is 0 Å². The molecule has 5 heteroatoms. The number of benzene rings is 1. The molecule has 0 amide bonds. The lowest BCUT2D eigenvalue weighted by Gasteiger charge is -2.23. The van der Waals surface area contributed by atoms with E-state index in [0.29, 0.717) is 24.1 Å². The Morgan fingerprint density at radius 1 is 1.11 bits per heavy atom. The van der Waals surface area contributed by atoms with Crippen molar-refractivity contribution in [2.24, 2.45) is 5.73 Å². The summed E-state index contributed by atoms with van der Waals surface area (Å²) in [4.78, 5) is 0. The van der Waals surface area contributed by atoms with Crippen LogP contribution in [0.25, 0.3) is 0 Å². The Morgan fingerprint density at radius 3 is 2.17 bits per heavy atom. The van der Waals surface area contributed by atoms with Crippen LogP contribution in [0.1, 0.15) is 29.9 Å². The first-order valence-corrected chi connectivity index (χ1v) is 5.86. The first-order chi connectivity index (χ1) is 8.65. The molecule has 102 valence electrons. The van der Waals surface area contributed by atoms with Crippen LogP contribution in [0.3, 0.4) is 0 Å². The fraction of sp³-hybridized carbons (Fsp3) is 0.538. The highest BCUT2D eigenvalue weighted by molar-refractivity contribution is 5.30. The third-order valence-electron chi connectivity index (χ3n) is 2.82. The zero-order chi connectivity index (χ0) is 13.5. The maximum absolute atomic E-state index is 10.1. The molecule has 0 aliphatic heterocycles. The lowest BCUT2D eigenvalue weighted by Crippen LogP contribution is -2.23. The highest BCUT2D eigenvalue weighted by Crippen LogP contribution is 2.28. The van der Waals surface area contributed by atoms with Gasteiger partial charge >= 0.3 is 0 Å². The molecule has 4 N–H and O–H groups in total. The summed E-state index contributed by atoms with van der Waals surface area (Å²) in [5.41, 5.74) is 6.67. The summed E-state index contributed by atoms with van der Waals surface area (Å²) < 4.78 is 10.4.